The van der Waals surface area contributed by atoms with Gasteiger partial charge < -0.3 is 15.2 Å². The lowest BCUT2D eigenvalue weighted by Crippen LogP contribution is -2.45. The van der Waals surface area contributed by atoms with Crippen molar-refractivity contribution in [1.29, 1.82) is 0 Å². The smallest absolute Gasteiger partial charge is 0.253 e. The van der Waals surface area contributed by atoms with E-state index in [1.54, 1.807) is 0 Å². The molecule has 1 aliphatic heterocycles. The first-order chi connectivity index (χ1) is 10.7. The molecule has 4 rings (SSSR count). The molecule has 0 saturated carbocycles. The van der Waals surface area contributed by atoms with E-state index in [9.17, 15) is 9.59 Å². The van der Waals surface area contributed by atoms with Gasteiger partial charge in [-0.1, -0.05) is 17.3 Å². The van der Waals surface area contributed by atoms with Crippen LogP contribution in [0.5, 0.6) is 0 Å². The molecule has 0 aliphatic carbocycles. The number of nitrogens with two attached hydrogens (primary N) is 1. The zero-order chi connectivity index (χ0) is 15.3. The summed E-state index contributed by atoms with van der Waals surface area (Å²) in [4.78, 5) is 24.7. The fraction of sp³-hybridized carbons (Fsp3) is 0.312. The zero-order valence-corrected chi connectivity index (χ0v) is 11.9. The number of fused-ring (bicyclic) bond motifs is 1. The second-order valence-corrected chi connectivity index (χ2v) is 5.75. The highest BCUT2D eigenvalue weighted by Gasteiger charge is 2.29. The number of hydrogen-bond acceptors (Lipinski definition) is 6. The third-order valence-electron chi connectivity index (χ3n) is 4.52. The van der Waals surface area contributed by atoms with Crippen molar-refractivity contribution in [1.82, 2.24) is 5.16 Å². The summed E-state index contributed by atoms with van der Waals surface area (Å²) in [5, 5.41) is 5.26. The van der Waals surface area contributed by atoms with Gasteiger partial charge in [-0.2, -0.15) is 0 Å². The normalized spacial score (nSPS) is 16.6. The van der Waals surface area contributed by atoms with Gasteiger partial charge in [0.1, 0.15) is 11.4 Å². The van der Waals surface area contributed by atoms with Crippen LogP contribution in [0.1, 0.15) is 24.5 Å². The molecule has 0 unspecified atom stereocenters. The molecule has 2 heterocycles. The number of piperidine rings is 1. The van der Waals surface area contributed by atoms with E-state index in [0.29, 0.717) is 24.7 Å². The second-order valence-electron chi connectivity index (χ2n) is 5.75. The molecule has 0 radical (unpaired) electrons. The summed E-state index contributed by atoms with van der Waals surface area (Å²) >= 11 is 0. The van der Waals surface area contributed by atoms with Gasteiger partial charge in [0.05, 0.1) is 5.69 Å². The lowest BCUT2D eigenvalue weighted by molar-refractivity contribution is 0.417. The Kier molecular flexibility index (Phi) is 2.79. The van der Waals surface area contributed by atoms with Crippen LogP contribution in [0.15, 0.2) is 38.4 Å². The Labute approximate surface area is 125 Å². The Morgan fingerprint density at radius 2 is 1.86 bits per heavy atom. The van der Waals surface area contributed by atoms with Gasteiger partial charge in [-0.3, -0.25) is 9.59 Å². The highest BCUT2D eigenvalue weighted by Crippen LogP contribution is 2.34. The Morgan fingerprint density at radius 3 is 2.59 bits per heavy atom. The molecule has 1 aliphatic rings. The average molecular weight is 297 g/mol. The van der Waals surface area contributed by atoms with E-state index in [2.05, 4.69) is 5.16 Å². The number of benzene rings is 1. The molecule has 0 atom stereocenters. The summed E-state index contributed by atoms with van der Waals surface area (Å²) in [5.74, 6) is 0.299. The molecule has 0 bridgehead atoms. The Morgan fingerprint density at radius 1 is 1.14 bits per heavy atom. The molecule has 3 aromatic rings. The largest absolute Gasteiger partial charge is 0.394 e. The summed E-state index contributed by atoms with van der Waals surface area (Å²) in [6.07, 6.45) is 1.71. The Bertz CT molecular complexity index is 912. The first-order valence-corrected chi connectivity index (χ1v) is 7.35. The maximum Gasteiger partial charge on any atom is 0.253 e. The minimum atomic E-state index is -0.556. The zero-order valence-electron chi connectivity index (χ0n) is 11.9. The van der Waals surface area contributed by atoms with Crippen molar-refractivity contribution < 1.29 is 4.52 Å². The van der Waals surface area contributed by atoms with E-state index in [1.807, 2.05) is 29.2 Å². The Hall–Kier alpha value is -2.63. The van der Waals surface area contributed by atoms with E-state index >= 15 is 0 Å². The number of nitrogen functional groups attached to an aromatic ring is 1. The van der Waals surface area contributed by atoms with Crippen molar-refractivity contribution in [3.05, 3.63) is 50.4 Å². The summed E-state index contributed by atoms with van der Waals surface area (Å²) in [6, 6.07) is 7.82. The number of rotatable bonds is 2. The van der Waals surface area contributed by atoms with Crippen molar-refractivity contribution in [2.24, 2.45) is 0 Å². The van der Waals surface area contributed by atoms with Crippen molar-refractivity contribution in [2.75, 3.05) is 23.7 Å². The van der Waals surface area contributed by atoms with E-state index in [-0.39, 0.29) is 5.69 Å². The molecule has 2 aromatic carbocycles. The van der Waals surface area contributed by atoms with Gasteiger partial charge in [-0.05, 0) is 25.0 Å². The van der Waals surface area contributed by atoms with Crippen molar-refractivity contribution in [2.45, 2.75) is 18.8 Å². The van der Waals surface area contributed by atoms with Gasteiger partial charge in [0.15, 0.2) is 5.58 Å². The van der Waals surface area contributed by atoms with Gasteiger partial charge in [0.2, 0.25) is 0 Å². The molecule has 1 fully saturated rings. The van der Waals surface area contributed by atoms with Crippen LogP contribution in [-0.4, -0.2) is 18.2 Å². The number of aromatic nitrogens is 1. The van der Waals surface area contributed by atoms with Gasteiger partial charge in [0.25, 0.3) is 10.9 Å². The van der Waals surface area contributed by atoms with Crippen molar-refractivity contribution in [3.63, 3.8) is 0 Å². The summed E-state index contributed by atoms with van der Waals surface area (Å²) in [7, 11) is 0. The predicted molar refractivity (Wildman–Crippen MR) is 84.0 cm³/mol. The highest BCUT2D eigenvalue weighted by molar-refractivity contribution is 5.80. The van der Waals surface area contributed by atoms with E-state index < -0.39 is 10.9 Å². The minimum absolute atomic E-state index is 0.107. The third kappa shape index (κ3) is 1.76. The van der Waals surface area contributed by atoms with Crippen molar-refractivity contribution >= 4 is 22.3 Å². The third-order valence-corrected chi connectivity index (χ3v) is 4.52. The molecule has 6 nitrogen and oxygen atoms in total. The van der Waals surface area contributed by atoms with E-state index in [0.717, 1.165) is 29.5 Å². The molecule has 0 amide bonds. The summed E-state index contributed by atoms with van der Waals surface area (Å²) < 4.78 is 5.37. The van der Waals surface area contributed by atoms with Crippen LogP contribution < -0.4 is 21.5 Å². The standard InChI is InChI=1S/C16H15N3O3/c17-12-14(16(21)15(12)20)19-7-5-9(6-8-19)13-10-3-1-2-4-11(10)22-18-13/h1-4,9H,5-8,17H2. The highest BCUT2D eigenvalue weighted by atomic mass is 16.5. The quantitative estimate of drug-likeness (QED) is 0.719. The van der Waals surface area contributed by atoms with Gasteiger partial charge in [-0.15, -0.1) is 0 Å². The molecular formula is C16H15N3O3. The average Bonchev–Trinajstić information content (AvgIpc) is 2.99. The molecule has 1 aromatic heterocycles. The molecular weight excluding hydrogens is 282 g/mol. The molecule has 22 heavy (non-hydrogen) atoms. The van der Waals surface area contributed by atoms with E-state index in [1.165, 1.54) is 0 Å². The molecule has 2 N–H and O–H groups in total. The monoisotopic (exact) mass is 297 g/mol. The van der Waals surface area contributed by atoms with Crippen molar-refractivity contribution in [3.8, 4) is 0 Å². The molecule has 6 heteroatoms. The number of hydrogen-bond donors (Lipinski definition) is 1. The first-order valence-electron chi connectivity index (χ1n) is 7.35. The minimum Gasteiger partial charge on any atom is -0.394 e. The maximum atomic E-state index is 11.6. The SMILES string of the molecule is Nc1c(N2CCC(c3noc4ccccc34)CC2)c(=O)c1=O. The fourth-order valence-corrected chi connectivity index (χ4v) is 3.29. The number of anilines is 2. The van der Waals surface area contributed by atoms with Gasteiger partial charge >= 0.3 is 0 Å². The van der Waals surface area contributed by atoms with Crippen LogP contribution in [0.2, 0.25) is 0 Å². The number of para-hydroxylation sites is 1. The van der Waals surface area contributed by atoms with Crippen LogP contribution in [0, 0.1) is 0 Å². The lowest BCUT2D eigenvalue weighted by Gasteiger charge is -2.33. The predicted octanol–water partition coefficient (Wildman–Crippen LogP) is 1.39. The molecule has 112 valence electrons. The number of nitrogens with zero attached hydrogens (tertiary/aromatic N) is 2. The van der Waals surface area contributed by atoms with Crippen LogP contribution in [0.3, 0.4) is 0 Å². The Balaban J connectivity index is 1.55. The fourth-order valence-electron chi connectivity index (χ4n) is 3.29. The molecule has 0 spiro atoms. The van der Waals surface area contributed by atoms with Crippen LogP contribution in [0.25, 0.3) is 11.0 Å². The van der Waals surface area contributed by atoms with Gasteiger partial charge in [-0.25, -0.2) is 0 Å². The van der Waals surface area contributed by atoms with Crippen LogP contribution in [0.4, 0.5) is 11.4 Å². The second kappa shape index (κ2) is 4.69. The summed E-state index contributed by atoms with van der Waals surface area (Å²) in [6.45, 7) is 1.39. The topological polar surface area (TPSA) is 89.4 Å². The van der Waals surface area contributed by atoms with Crippen LogP contribution in [-0.2, 0) is 0 Å². The molecule has 1 saturated heterocycles. The summed E-state index contributed by atoms with van der Waals surface area (Å²) in [5.41, 5.74) is 6.90. The van der Waals surface area contributed by atoms with Crippen LogP contribution >= 0.6 is 0 Å². The van der Waals surface area contributed by atoms with Gasteiger partial charge in [0, 0.05) is 24.4 Å². The van der Waals surface area contributed by atoms with E-state index in [4.69, 9.17) is 10.3 Å². The maximum absolute atomic E-state index is 11.6. The lowest BCUT2D eigenvalue weighted by atomic mass is 9.91. The first kappa shape index (κ1) is 13.1.